The van der Waals surface area contributed by atoms with Crippen molar-refractivity contribution in [1.29, 1.82) is 0 Å². The maximum absolute atomic E-state index is 5.49. The molecule has 0 saturated heterocycles. The van der Waals surface area contributed by atoms with Crippen LogP contribution >= 0.6 is 0 Å². The second-order valence-electron chi connectivity index (χ2n) is 6.97. The average molecular weight is 279 g/mol. The zero-order chi connectivity index (χ0) is 14.8. The predicted molar refractivity (Wildman–Crippen MR) is 80.5 cm³/mol. The SMILES string of the molecule is CCNC(C)(C)c1nc(C2CCC(C(C)C)CC2)no1. The highest BCUT2D eigenvalue weighted by atomic mass is 16.5. The number of hydrogen-bond donors (Lipinski definition) is 1. The molecule has 114 valence electrons. The van der Waals surface area contributed by atoms with Crippen LogP contribution in [0.5, 0.6) is 0 Å². The van der Waals surface area contributed by atoms with Crippen LogP contribution in [-0.2, 0) is 5.54 Å². The van der Waals surface area contributed by atoms with Crippen LogP contribution in [0.15, 0.2) is 4.52 Å². The van der Waals surface area contributed by atoms with Crippen LogP contribution in [-0.4, -0.2) is 16.7 Å². The molecule has 0 radical (unpaired) electrons. The highest BCUT2D eigenvalue weighted by Gasteiger charge is 2.31. The summed E-state index contributed by atoms with van der Waals surface area (Å²) in [6, 6.07) is 0. The van der Waals surface area contributed by atoms with Crippen molar-refractivity contribution >= 4 is 0 Å². The van der Waals surface area contributed by atoms with E-state index in [4.69, 9.17) is 4.52 Å². The van der Waals surface area contributed by atoms with E-state index in [0.29, 0.717) is 11.8 Å². The largest absolute Gasteiger partial charge is 0.337 e. The molecule has 1 fully saturated rings. The average Bonchev–Trinajstić information content (AvgIpc) is 2.89. The lowest BCUT2D eigenvalue weighted by molar-refractivity contribution is 0.248. The second kappa shape index (κ2) is 6.25. The van der Waals surface area contributed by atoms with Gasteiger partial charge in [-0.2, -0.15) is 4.98 Å². The Bertz CT molecular complexity index is 417. The number of nitrogens with zero attached hydrogens (tertiary/aromatic N) is 2. The molecule has 1 aromatic heterocycles. The van der Waals surface area contributed by atoms with Crippen LogP contribution in [0.4, 0.5) is 0 Å². The fourth-order valence-corrected chi connectivity index (χ4v) is 3.22. The third-order valence-corrected chi connectivity index (χ3v) is 4.67. The van der Waals surface area contributed by atoms with E-state index in [0.717, 1.165) is 24.2 Å². The standard InChI is InChI=1S/C16H29N3O/c1-6-17-16(4,5)15-18-14(19-20-15)13-9-7-12(8-10-13)11(2)3/h11-13,17H,6-10H2,1-5H3. The summed E-state index contributed by atoms with van der Waals surface area (Å²) in [5.74, 6) is 3.77. The summed E-state index contributed by atoms with van der Waals surface area (Å²) >= 11 is 0. The highest BCUT2D eigenvalue weighted by Crippen LogP contribution is 2.37. The van der Waals surface area contributed by atoms with Crippen LogP contribution in [0.3, 0.4) is 0 Å². The fraction of sp³-hybridized carbons (Fsp3) is 0.875. The molecule has 2 rings (SSSR count). The van der Waals surface area contributed by atoms with E-state index >= 15 is 0 Å². The van der Waals surface area contributed by atoms with E-state index in [1.165, 1.54) is 25.7 Å². The van der Waals surface area contributed by atoms with Gasteiger partial charge in [-0.05, 0) is 57.9 Å². The Morgan fingerprint density at radius 1 is 1.25 bits per heavy atom. The minimum atomic E-state index is -0.241. The minimum Gasteiger partial charge on any atom is -0.337 e. The van der Waals surface area contributed by atoms with Crippen LogP contribution in [0.2, 0.25) is 0 Å². The van der Waals surface area contributed by atoms with E-state index in [-0.39, 0.29) is 5.54 Å². The van der Waals surface area contributed by atoms with E-state index < -0.39 is 0 Å². The first kappa shape index (κ1) is 15.5. The van der Waals surface area contributed by atoms with Gasteiger partial charge in [0.1, 0.15) is 0 Å². The van der Waals surface area contributed by atoms with Gasteiger partial charge in [-0.15, -0.1) is 0 Å². The second-order valence-corrected chi connectivity index (χ2v) is 6.97. The van der Waals surface area contributed by atoms with Crippen LogP contribution in [0.25, 0.3) is 0 Å². The molecule has 0 unspecified atom stereocenters. The Kier molecular flexibility index (Phi) is 4.84. The van der Waals surface area contributed by atoms with Gasteiger partial charge in [-0.1, -0.05) is 25.9 Å². The maximum Gasteiger partial charge on any atom is 0.246 e. The Balaban J connectivity index is 2.00. The zero-order valence-electron chi connectivity index (χ0n) is 13.6. The van der Waals surface area contributed by atoms with E-state index in [1.54, 1.807) is 0 Å². The molecular weight excluding hydrogens is 250 g/mol. The van der Waals surface area contributed by atoms with Crippen molar-refractivity contribution in [1.82, 2.24) is 15.5 Å². The number of aromatic nitrogens is 2. The summed E-state index contributed by atoms with van der Waals surface area (Å²) in [5, 5.41) is 7.61. The lowest BCUT2D eigenvalue weighted by Crippen LogP contribution is -2.36. The Morgan fingerprint density at radius 2 is 1.90 bits per heavy atom. The molecule has 0 aromatic carbocycles. The Hall–Kier alpha value is -0.900. The molecule has 4 nitrogen and oxygen atoms in total. The molecule has 1 N–H and O–H groups in total. The normalized spacial score (nSPS) is 24.3. The Labute approximate surface area is 122 Å². The topological polar surface area (TPSA) is 51.0 Å². The third kappa shape index (κ3) is 3.40. The quantitative estimate of drug-likeness (QED) is 0.889. The van der Waals surface area contributed by atoms with E-state index in [1.807, 2.05) is 0 Å². The van der Waals surface area contributed by atoms with Gasteiger partial charge in [0.15, 0.2) is 5.82 Å². The summed E-state index contributed by atoms with van der Waals surface area (Å²) in [6.07, 6.45) is 4.98. The van der Waals surface area contributed by atoms with Gasteiger partial charge in [-0.3, -0.25) is 0 Å². The first-order chi connectivity index (χ1) is 9.44. The molecular formula is C16H29N3O. The minimum absolute atomic E-state index is 0.241. The summed E-state index contributed by atoms with van der Waals surface area (Å²) in [5.41, 5.74) is -0.241. The molecule has 1 aliphatic rings. The first-order valence-corrected chi connectivity index (χ1v) is 8.03. The van der Waals surface area contributed by atoms with Crippen LogP contribution < -0.4 is 5.32 Å². The zero-order valence-corrected chi connectivity index (χ0v) is 13.6. The molecule has 0 atom stereocenters. The number of nitrogens with one attached hydrogen (secondary N) is 1. The van der Waals surface area contributed by atoms with Crippen molar-refractivity contribution in [3.63, 3.8) is 0 Å². The Morgan fingerprint density at radius 3 is 2.45 bits per heavy atom. The lowest BCUT2D eigenvalue weighted by atomic mass is 9.77. The maximum atomic E-state index is 5.49. The van der Waals surface area contributed by atoms with Crippen LogP contribution in [0, 0.1) is 11.8 Å². The predicted octanol–water partition coefficient (Wildman–Crippen LogP) is 3.84. The number of rotatable bonds is 5. The van der Waals surface area contributed by atoms with Crippen molar-refractivity contribution in [2.24, 2.45) is 11.8 Å². The fourth-order valence-electron chi connectivity index (χ4n) is 3.22. The third-order valence-electron chi connectivity index (χ3n) is 4.67. The molecule has 1 heterocycles. The molecule has 1 aromatic rings. The van der Waals surface area contributed by atoms with Gasteiger partial charge in [-0.25, -0.2) is 0 Å². The van der Waals surface area contributed by atoms with Crippen molar-refractivity contribution in [2.75, 3.05) is 6.54 Å². The lowest BCUT2D eigenvalue weighted by Gasteiger charge is -2.29. The van der Waals surface area contributed by atoms with Gasteiger partial charge < -0.3 is 9.84 Å². The first-order valence-electron chi connectivity index (χ1n) is 8.03. The summed E-state index contributed by atoms with van der Waals surface area (Å²) < 4.78 is 5.49. The van der Waals surface area contributed by atoms with E-state index in [9.17, 15) is 0 Å². The molecule has 0 spiro atoms. The van der Waals surface area contributed by atoms with Crippen molar-refractivity contribution < 1.29 is 4.52 Å². The summed E-state index contributed by atoms with van der Waals surface area (Å²) in [7, 11) is 0. The number of hydrogen-bond acceptors (Lipinski definition) is 4. The van der Waals surface area contributed by atoms with Gasteiger partial charge in [0.05, 0.1) is 5.54 Å². The summed E-state index contributed by atoms with van der Waals surface area (Å²) in [6.45, 7) is 11.8. The van der Waals surface area contributed by atoms with E-state index in [2.05, 4.69) is 50.1 Å². The molecule has 20 heavy (non-hydrogen) atoms. The van der Waals surface area contributed by atoms with Crippen LogP contribution in [0.1, 0.15) is 77.9 Å². The molecule has 1 aliphatic carbocycles. The molecule has 0 aliphatic heterocycles. The van der Waals surface area contributed by atoms with Gasteiger partial charge in [0.25, 0.3) is 0 Å². The van der Waals surface area contributed by atoms with Gasteiger partial charge in [0.2, 0.25) is 5.89 Å². The monoisotopic (exact) mass is 279 g/mol. The molecule has 0 bridgehead atoms. The molecule has 0 amide bonds. The molecule has 1 saturated carbocycles. The van der Waals surface area contributed by atoms with Gasteiger partial charge >= 0.3 is 0 Å². The highest BCUT2D eigenvalue weighted by molar-refractivity contribution is 5.03. The van der Waals surface area contributed by atoms with Crippen molar-refractivity contribution in [2.45, 2.75) is 71.8 Å². The molecule has 4 heteroatoms. The smallest absolute Gasteiger partial charge is 0.246 e. The van der Waals surface area contributed by atoms with Crippen molar-refractivity contribution in [3.8, 4) is 0 Å². The summed E-state index contributed by atoms with van der Waals surface area (Å²) in [4.78, 5) is 4.65. The van der Waals surface area contributed by atoms with Gasteiger partial charge in [0, 0.05) is 5.92 Å². The van der Waals surface area contributed by atoms with Crippen molar-refractivity contribution in [3.05, 3.63) is 11.7 Å².